The van der Waals surface area contributed by atoms with Crippen LogP contribution in [0.25, 0.3) is 0 Å². The van der Waals surface area contributed by atoms with Gasteiger partial charge in [-0.2, -0.15) is 0 Å². The lowest BCUT2D eigenvalue weighted by Gasteiger charge is -2.35. The SMILES string of the molecule is CC(C)(C)[Si](C)(C)OCc1nc(Cl)c2c(n1)N(c1cnc(N3CCC(F)(F)CC3)nc1)C(=O)C21CCCC1. The molecule has 0 N–H and O–H groups in total. The zero-order valence-electron chi connectivity index (χ0n) is 22.7. The summed E-state index contributed by atoms with van der Waals surface area (Å²) in [5.41, 5.74) is 0.375. The van der Waals surface area contributed by atoms with Gasteiger partial charge in [-0.3, -0.25) is 9.69 Å². The molecule has 0 unspecified atom stereocenters. The molecule has 1 saturated heterocycles. The molecule has 5 rings (SSSR count). The van der Waals surface area contributed by atoms with Gasteiger partial charge in [0.2, 0.25) is 11.9 Å². The van der Waals surface area contributed by atoms with Crippen LogP contribution in [0.2, 0.25) is 23.3 Å². The first-order chi connectivity index (χ1) is 17.7. The Bertz CT molecular complexity index is 1220. The largest absolute Gasteiger partial charge is 0.409 e. The van der Waals surface area contributed by atoms with Gasteiger partial charge >= 0.3 is 0 Å². The maximum atomic E-state index is 14.0. The van der Waals surface area contributed by atoms with E-state index in [0.29, 0.717) is 41.7 Å². The van der Waals surface area contributed by atoms with Gasteiger partial charge in [0, 0.05) is 31.5 Å². The van der Waals surface area contributed by atoms with E-state index in [9.17, 15) is 13.6 Å². The van der Waals surface area contributed by atoms with Crippen molar-refractivity contribution in [2.24, 2.45) is 0 Å². The quantitative estimate of drug-likeness (QED) is 0.317. The predicted molar refractivity (Wildman–Crippen MR) is 145 cm³/mol. The highest BCUT2D eigenvalue weighted by Gasteiger charge is 2.55. The Hall–Kier alpha value is -2.24. The summed E-state index contributed by atoms with van der Waals surface area (Å²) in [6.45, 7) is 11.4. The van der Waals surface area contributed by atoms with Crippen LogP contribution in [0.1, 0.15) is 70.7 Å². The molecular weight excluding hydrogens is 530 g/mol. The summed E-state index contributed by atoms with van der Waals surface area (Å²) in [5, 5.41) is 0.306. The number of nitrogens with zero attached hydrogens (tertiary/aromatic N) is 6. The van der Waals surface area contributed by atoms with E-state index in [1.165, 1.54) is 0 Å². The van der Waals surface area contributed by atoms with E-state index in [4.69, 9.17) is 21.0 Å². The Morgan fingerprint density at radius 1 is 1.05 bits per heavy atom. The molecule has 2 aromatic heterocycles. The minimum absolute atomic E-state index is 0.0206. The van der Waals surface area contributed by atoms with Crippen LogP contribution in [-0.2, 0) is 21.2 Å². The standard InChI is InChI=1S/C26H35ClF2N6O2Si/c1-24(2,3)38(4,5)37-16-18-32-20(27)19-21(33-18)35(22(36)25(19)8-6-7-9-25)17-14-30-23(31-15-17)34-12-10-26(28,29)11-13-34/h14-15H,6-13,16H2,1-5H3. The van der Waals surface area contributed by atoms with E-state index in [1.54, 1.807) is 22.2 Å². The summed E-state index contributed by atoms with van der Waals surface area (Å²) in [6, 6.07) is 0. The number of amides is 1. The van der Waals surface area contributed by atoms with Gasteiger partial charge in [-0.05, 0) is 31.0 Å². The van der Waals surface area contributed by atoms with Gasteiger partial charge in [0.25, 0.3) is 5.92 Å². The van der Waals surface area contributed by atoms with Crippen molar-refractivity contribution in [3.8, 4) is 0 Å². The first-order valence-electron chi connectivity index (χ1n) is 13.2. The number of hydrogen-bond donors (Lipinski definition) is 0. The van der Waals surface area contributed by atoms with E-state index < -0.39 is 19.7 Å². The summed E-state index contributed by atoms with van der Waals surface area (Å²) in [5.74, 6) is -1.49. The summed E-state index contributed by atoms with van der Waals surface area (Å²) in [6.07, 6.45) is 5.86. The highest BCUT2D eigenvalue weighted by molar-refractivity contribution is 6.74. The van der Waals surface area contributed by atoms with Crippen LogP contribution in [0.15, 0.2) is 12.4 Å². The lowest BCUT2D eigenvalue weighted by molar-refractivity contribution is -0.122. The first kappa shape index (κ1) is 27.3. The molecule has 1 aliphatic carbocycles. The second kappa shape index (κ2) is 9.44. The van der Waals surface area contributed by atoms with Crippen LogP contribution in [0, 0.1) is 0 Å². The number of halogens is 3. The molecular formula is C26H35ClF2N6O2Si. The van der Waals surface area contributed by atoms with Crippen LogP contribution >= 0.6 is 11.6 Å². The Morgan fingerprint density at radius 2 is 1.66 bits per heavy atom. The van der Waals surface area contributed by atoms with E-state index in [-0.39, 0.29) is 48.6 Å². The van der Waals surface area contributed by atoms with Gasteiger partial charge in [0.05, 0.1) is 30.1 Å². The monoisotopic (exact) mass is 564 g/mol. The molecule has 12 heteroatoms. The van der Waals surface area contributed by atoms with E-state index >= 15 is 0 Å². The molecule has 1 saturated carbocycles. The van der Waals surface area contributed by atoms with Crippen molar-refractivity contribution < 1.29 is 18.0 Å². The Labute approximate surface area is 228 Å². The molecule has 206 valence electrons. The van der Waals surface area contributed by atoms with Crippen molar-refractivity contribution in [3.63, 3.8) is 0 Å². The van der Waals surface area contributed by atoms with Crippen LogP contribution in [0.5, 0.6) is 0 Å². The first-order valence-corrected chi connectivity index (χ1v) is 16.5. The van der Waals surface area contributed by atoms with Crippen molar-refractivity contribution in [2.45, 2.75) is 95.4 Å². The number of piperidine rings is 1. The molecule has 2 fully saturated rings. The maximum absolute atomic E-state index is 14.0. The lowest BCUT2D eigenvalue weighted by Crippen LogP contribution is -2.40. The second-order valence-electron chi connectivity index (χ2n) is 12.2. The lowest BCUT2D eigenvalue weighted by atomic mass is 9.81. The molecule has 1 spiro atoms. The van der Waals surface area contributed by atoms with E-state index in [1.807, 2.05) is 0 Å². The van der Waals surface area contributed by atoms with Crippen LogP contribution < -0.4 is 9.80 Å². The van der Waals surface area contributed by atoms with Crippen LogP contribution in [0.3, 0.4) is 0 Å². The molecule has 0 radical (unpaired) electrons. The Balaban J connectivity index is 1.47. The van der Waals surface area contributed by atoms with Crippen molar-refractivity contribution in [2.75, 3.05) is 22.9 Å². The Kier molecular flexibility index (Phi) is 6.79. The molecule has 1 amide bonds. The van der Waals surface area contributed by atoms with Crippen molar-refractivity contribution in [1.29, 1.82) is 0 Å². The zero-order chi connectivity index (χ0) is 27.5. The highest BCUT2D eigenvalue weighted by Crippen LogP contribution is 2.54. The third kappa shape index (κ3) is 4.70. The summed E-state index contributed by atoms with van der Waals surface area (Å²) >= 11 is 6.78. The zero-order valence-corrected chi connectivity index (χ0v) is 24.4. The number of alkyl halides is 2. The molecule has 4 heterocycles. The average molecular weight is 565 g/mol. The minimum atomic E-state index is -2.65. The second-order valence-corrected chi connectivity index (χ2v) is 17.4. The maximum Gasteiger partial charge on any atom is 0.251 e. The van der Waals surface area contributed by atoms with E-state index in [0.717, 1.165) is 12.8 Å². The van der Waals surface area contributed by atoms with Gasteiger partial charge in [-0.15, -0.1) is 0 Å². The van der Waals surface area contributed by atoms with Crippen molar-refractivity contribution >= 4 is 43.3 Å². The van der Waals surface area contributed by atoms with Gasteiger partial charge in [0.1, 0.15) is 11.0 Å². The number of aromatic nitrogens is 4. The number of anilines is 3. The topological polar surface area (TPSA) is 84.3 Å². The number of fused-ring (bicyclic) bond motifs is 2. The number of hydrogen-bond acceptors (Lipinski definition) is 7. The minimum Gasteiger partial charge on any atom is -0.409 e. The molecule has 0 bridgehead atoms. The molecule has 8 nitrogen and oxygen atoms in total. The molecule has 3 aliphatic rings. The van der Waals surface area contributed by atoms with Gasteiger partial charge in [0.15, 0.2) is 14.1 Å². The summed E-state index contributed by atoms with van der Waals surface area (Å²) < 4.78 is 33.5. The van der Waals surface area contributed by atoms with Crippen LogP contribution in [0.4, 0.5) is 26.2 Å². The van der Waals surface area contributed by atoms with Crippen molar-refractivity contribution in [1.82, 2.24) is 19.9 Å². The molecule has 2 aliphatic heterocycles. The fraction of sp³-hybridized carbons (Fsp3) is 0.654. The van der Waals surface area contributed by atoms with Crippen LogP contribution in [-0.4, -0.2) is 53.2 Å². The fourth-order valence-corrected chi connectivity index (χ4v) is 6.58. The predicted octanol–water partition coefficient (Wildman–Crippen LogP) is 6.17. The summed E-state index contributed by atoms with van der Waals surface area (Å²) in [4.78, 5) is 35.5. The molecule has 0 aromatic carbocycles. The van der Waals surface area contributed by atoms with Gasteiger partial charge < -0.3 is 9.33 Å². The summed E-state index contributed by atoms with van der Waals surface area (Å²) in [7, 11) is -2.06. The third-order valence-corrected chi connectivity index (χ3v) is 13.4. The third-order valence-electron chi connectivity index (χ3n) is 8.68. The average Bonchev–Trinajstić information content (AvgIpc) is 3.42. The smallest absolute Gasteiger partial charge is 0.251 e. The highest BCUT2D eigenvalue weighted by atomic mass is 35.5. The van der Waals surface area contributed by atoms with Crippen molar-refractivity contribution in [3.05, 3.63) is 28.9 Å². The normalized spacial score (nSPS) is 20.9. The fourth-order valence-electron chi connectivity index (χ4n) is 5.29. The molecule has 38 heavy (non-hydrogen) atoms. The molecule has 2 aromatic rings. The van der Waals surface area contributed by atoms with Gasteiger partial charge in [-0.1, -0.05) is 45.2 Å². The number of rotatable bonds is 5. The number of carbonyl (C=O) groups is 1. The Morgan fingerprint density at radius 3 is 2.24 bits per heavy atom. The van der Waals surface area contributed by atoms with E-state index in [2.05, 4.69) is 48.8 Å². The van der Waals surface area contributed by atoms with Gasteiger partial charge in [-0.25, -0.2) is 28.7 Å². The molecule has 0 atom stereocenters. The number of carbonyl (C=O) groups excluding carboxylic acids is 1.